The molecule has 5 rings (SSSR count). The number of nitrogens with zero attached hydrogens (tertiary/aromatic N) is 1. The highest BCUT2D eigenvalue weighted by Crippen LogP contribution is 2.39. The third-order valence-corrected chi connectivity index (χ3v) is 8.63. The molecule has 2 heterocycles. The fourth-order valence-electron chi connectivity index (χ4n) is 4.36. The van der Waals surface area contributed by atoms with Gasteiger partial charge >= 0.3 is 0 Å². The van der Waals surface area contributed by atoms with Gasteiger partial charge in [-0.15, -0.1) is 11.3 Å². The Kier molecular flexibility index (Phi) is 3.59. The lowest BCUT2D eigenvalue weighted by atomic mass is 9.98. The second-order valence-corrected chi connectivity index (χ2v) is 10.2. The zero-order valence-corrected chi connectivity index (χ0v) is 15.8. The largest absolute Gasteiger partial charge is 0.325 e. The van der Waals surface area contributed by atoms with Gasteiger partial charge in [0.2, 0.25) is 5.91 Å². The lowest BCUT2D eigenvalue weighted by Gasteiger charge is -2.16. The zero-order valence-electron chi connectivity index (χ0n) is 14.2. The summed E-state index contributed by atoms with van der Waals surface area (Å²) in [7, 11) is -2.99. The standard InChI is InChI=1S/C19H18N2O3S2/c22-16(10-26(24)15-7-8-25-18(15)19(23)21-26)20-17-13-5-1-3-11(13)9-12-4-2-6-14(12)17/h7-9H,1-6,10H2,(H,20,22). The molecule has 2 aromatic rings. The first-order valence-electron chi connectivity index (χ1n) is 8.88. The normalized spacial score (nSPS) is 22.7. The van der Waals surface area contributed by atoms with Gasteiger partial charge in [0.1, 0.15) is 10.6 Å². The maximum Gasteiger partial charge on any atom is 0.296 e. The van der Waals surface area contributed by atoms with Crippen molar-refractivity contribution in [2.45, 2.75) is 43.4 Å². The predicted octanol–water partition coefficient (Wildman–Crippen LogP) is 3.34. The minimum atomic E-state index is -2.99. The minimum absolute atomic E-state index is 0.263. The van der Waals surface area contributed by atoms with Gasteiger partial charge in [-0.3, -0.25) is 9.59 Å². The monoisotopic (exact) mass is 386 g/mol. The van der Waals surface area contributed by atoms with E-state index in [-0.39, 0.29) is 11.7 Å². The molecule has 0 spiro atoms. The summed E-state index contributed by atoms with van der Waals surface area (Å²) in [5.74, 6) is -1.05. The molecule has 1 aromatic heterocycles. The van der Waals surface area contributed by atoms with Gasteiger partial charge in [0.15, 0.2) is 0 Å². The van der Waals surface area contributed by atoms with Crippen molar-refractivity contribution in [3.63, 3.8) is 0 Å². The van der Waals surface area contributed by atoms with Crippen molar-refractivity contribution in [2.75, 3.05) is 11.1 Å². The van der Waals surface area contributed by atoms with Gasteiger partial charge < -0.3 is 5.32 Å². The fourth-order valence-corrected chi connectivity index (χ4v) is 7.47. The Morgan fingerprint density at radius 1 is 1.15 bits per heavy atom. The molecule has 0 bridgehead atoms. The van der Waals surface area contributed by atoms with E-state index in [2.05, 4.69) is 15.7 Å². The third kappa shape index (κ3) is 2.37. The number of hydrogen-bond donors (Lipinski definition) is 1. The molecule has 1 unspecified atom stereocenters. The molecule has 134 valence electrons. The molecule has 0 saturated carbocycles. The second kappa shape index (κ2) is 5.76. The Balaban J connectivity index is 1.47. The van der Waals surface area contributed by atoms with Gasteiger partial charge in [0.05, 0.1) is 14.6 Å². The topological polar surface area (TPSA) is 75.6 Å². The van der Waals surface area contributed by atoms with E-state index in [0.717, 1.165) is 44.2 Å². The molecule has 1 atom stereocenters. The average Bonchev–Trinajstić information content (AvgIpc) is 3.35. The summed E-state index contributed by atoms with van der Waals surface area (Å²) < 4.78 is 16.9. The highest BCUT2D eigenvalue weighted by atomic mass is 32.2. The maximum atomic E-state index is 13.1. The number of carbonyl (C=O) groups excluding carboxylic acids is 2. The summed E-state index contributed by atoms with van der Waals surface area (Å²) in [6, 6.07) is 3.96. The van der Waals surface area contributed by atoms with Crippen LogP contribution in [-0.2, 0) is 40.2 Å². The van der Waals surface area contributed by atoms with Gasteiger partial charge in [-0.2, -0.15) is 4.36 Å². The number of aryl methyl sites for hydroxylation is 2. The smallest absolute Gasteiger partial charge is 0.296 e. The molecule has 26 heavy (non-hydrogen) atoms. The third-order valence-electron chi connectivity index (χ3n) is 5.46. The van der Waals surface area contributed by atoms with Gasteiger partial charge in [-0.05, 0) is 72.2 Å². The van der Waals surface area contributed by atoms with Crippen molar-refractivity contribution >= 4 is 38.6 Å². The van der Waals surface area contributed by atoms with Crippen molar-refractivity contribution in [1.29, 1.82) is 0 Å². The van der Waals surface area contributed by atoms with E-state index in [1.54, 1.807) is 11.4 Å². The van der Waals surface area contributed by atoms with Crippen LogP contribution in [0.2, 0.25) is 0 Å². The van der Waals surface area contributed by atoms with Gasteiger partial charge in [-0.25, -0.2) is 4.21 Å². The van der Waals surface area contributed by atoms with Crippen molar-refractivity contribution in [3.8, 4) is 0 Å². The summed E-state index contributed by atoms with van der Waals surface area (Å²) in [5.41, 5.74) is 6.10. The molecular weight excluding hydrogens is 368 g/mol. The number of fused-ring (bicyclic) bond motifs is 3. The van der Waals surface area contributed by atoms with E-state index in [1.807, 2.05) is 0 Å². The first-order valence-corrected chi connectivity index (χ1v) is 11.4. The van der Waals surface area contributed by atoms with Crippen LogP contribution in [-0.4, -0.2) is 21.8 Å². The van der Waals surface area contributed by atoms with Crippen LogP contribution in [0.4, 0.5) is 5.69 Å². The van der Waals surface area contributed by atoms with Crippen LogP contribution in [0.5, 0.6) is 0 Å². The quantitative estimate of drug-likeness (QED) is 0.879. The highest BCUT2D eigenvalue weighted by molar-refractivity contribution is 7.95. The minimum Gasteiger partial charge on any atom is -0.325 e. The van der Waals surface area contributed by atoms with Crippen LogP contribution >= 0.6 is 11.3 Å². The lowest BCUT2D eigenvalue weighted by molar-refractivity contribution is -0.113. The number of benzene rings is 1. The molecule has 2 aliphatic carbocycles. The number of amides is 2. The molecule has 0 radical (unpaired) electrons. The number of thiophene rings is 1. The Hall–Kier alpha value is -1.99. The SMILES string of the molecule is O=C(CS1(=O)=NC(=O)c2sccc21)Nc1c2c(cc3c1CCC3)CCC2. The molecular formula is C19H18N2O3S2. The van der Waals surface area contributed by atoms with Gasteiger partial charge in [-0.1, -0.05) is 6.07 Å². The van der Waals surface area contributed by atoms with E-state index in [9.17, 15) is 13.8 Å². The predicted molar refractivity (Wildman–Crippen MR) is 101 cm³/mol. The molecule has 1 aromatic carbocycles. The first-order chi connectivity index (χ1) is 12.5. The van der Waals surface area contributed by atoms with Crippen molar-refractivity contribution in [1.82, 2.24) is 0 Å². The van der Waals surface area contributed by atoms with E-state index >= 15 is 0 Å². The molecule has 2 amide bonds. The molecule has 0 saturated heterocycles. The van der Waals surface area contributed by atoms with E-state index < -0.39 is 15.6 Å². The van der Waals surface area contributed by atoms with Crippen molar-refractivity contribution in [3.05, 3.63) is 44.6 Å². The number of nitrogens with one attached hydrogen (secondary N) is 1. The van der Waals surface area contributed by atoms with Crippen molar-refractivity contribution < 1.29 is 13.8 Å². The molecule has 5 nitrogen and oxygen atoms in total. The number of rotatable bonds is 3. The average molecular weight is 386 g/mol. The van der Waals surface area contributed by atoms with E-state index in [0.29, 0.717) is 9.77 Å². The molecule has 1 aliphatic heterocycles. The number of hydrogen-bond acceptors (Lipinski definition) is 4. The van der Waals surface area contributed by atoms with Crippen LogP contribution in [0.1, 0.15) is 44.8 Å². The van der Waals surface area contributed by atoms with Crippen LogP contribution < -0.4 is 5.32 Å². The molecule has 3 aliphatic rings. The van der Waals surface area contributed by atoms with Crippen LogP contribution in [0.15, 0.2) is 26.8 Å². The summed E-state index contributed by atoms with van der Waals surface area (Å²) in [4.78, 5) is 25.5. The zero-order chi connectivity index (χ0) is 17.9. The van der Waals surface area contributed by atoms with Gasteiger partial charge in [0, 0.05) is 5.69 Å². The highest BCUT2D eigenvalue weighted by Gasteiger charge is 2.33. The van der Waals surface area contributed by atoms with Crippen molar-refractivity contribution in [2.24, 2.45) is 4.36 Å². The molecule has 1 N–H and O–H groups in total. The van der Waals surface area contributed by atoms with E-state index in [1.165, 1.54) is 33.6 Å². The Morgan fingerprint density at radius 3 is 2.54 bits per heavy atom. The Bertz CT molecular complexity index is 1060. The summed E-state index contributed by atoms with van der Waals surface area (Å²) in [6.45, 7) is 0. The fraction of sp³-hybridized carbons (Fsp3) is 0.368. The Labute approximate surface area is 156 Å². The van der Waals surface area contributed by atoms with Crippen LogP contribution in [0, 0.1) is 0 Å². The molecule has 0 fully saturated rings. The van der Waals surface area contributed by atoms with Gasteiger partial charge in [0.25, 0.3) is 5.91 Å². The summed E-state index contributed by atoms with van der Waals surface area (Å²) in [6.07, 6.45) is 6.30. The Morgan fingerprint density at radius 2 is 1.85 bits per heavy atom. The van der Waals surface area contributed by atoms with Crippen LogP contribution in [0.25, 0.3) is 0 Å². The maximum absolute atomic E-state index is 13.1. The second-order valence-electron chi connectivity index (χ2n) is 7.08. The number of anilines is 1. The molecule has 7 heteroatoms. The number of carbonyl (C=O) groups is 2. The summed E-state index contributed by atoms with van der Waals surface area (Å²) >= 11 is 1.23. The summed E-state index contributed by atoms with van der Waals surface area (Å²) in [5, 5.41) is 4.77. The van der Waals surface area contributed by atoms with E-state index in [4.69, 9.17) is 0 Å². The lowest BCUT2D eigenvalue weighted by Crippen LogP contribution is -2.23. The first kappa shape index (κ1) is 16.2. The van der Waals surface area contributed by atoms with Crippen LogP contribution in [0.3, 0.4) is 0 Å².